The second-order valence-corrected chi connectivity index (χ2v) is 20.2. The number of carbonyl (C=O) groups is 5. The fourth-order valence-corrected chi connectivity index (χ4v) is 8.98. The van der Waals surface area contributed by atoms with Gasteiger partial charge >= 0.3 is 30.1 Å². The van der Waals surface area contributed by atoms with Crippen LogP contribution < -0.4 is 16.4 Å². The van der Waals surface area contributed by atoms with Crippen LogP contribution >= 0.6 is 0 Å². The normalized spacial score (nSPS) is 13.2. The molecule has 0 radical (unpaired) electrons. The minimum absolute atomic E-state index is 0.0600. The average molecular weight is 1000 g/mol. The Bertz CT molecular complexity index is 2860. The molecule has 0 aliphatic heterocycles. The second kappa shape index (κ2) is 24.0. The third kappa shape index (κ3) is 14.5. The highest BCUT2D eigenvalue weighted by molar-refractivity contribution is 5.84. The molecular weight excluding hydrogens is 935 g/mol. The summed E-state index contributed by atoms with van der Waals surface area (Å²) in [5.74, 6) is -1.58. The molecular formula is C61H65N3O10. The van der Waals surface area contributed by atoms with Gasteiger partial charge in [-0.3, -0.25) is 4.79 Å². The molecule has 13 nitrogen and oxygen atoms in total. The zero-order valence-corrected chi connectivity index (χ0v) is 42.9. The lowest BCUT2D eigenvalue weighted by molar-refractivity contribution is -0.158. The summed E-state index contributed by atoms with van der Waals surface area (Å²) in [6, 6.07) is 45.0. The summed E-state index contributed by atoms with van der Waals surface area (Å²) in [5.41, 5.74) is 16.4. The first kappa shape index (κ1) is 53.6. The Hall–Kier alpha value is -8.19. The maximum absolute atomic E-state index is 13.0. The van der Waals surface area contributed by atoms with Crippen LogP contribution in [0.15, 0.2) is 158 Å². The van der Waals surface area contributed by atoms with Gasteiger partial charge in [0.15, 0.2) is 0 Å². The lowest BCUT2D eigenvalue weighted by atomic mass is 9.98. The number of rotatable bonds is 16. The minimum Gasteiger partial charge on any atom is -0.461 e. The number of nitrogens with one attached hydrogen (secondary N) is 2. The molecule has 0 aromatic heterocycles. The van der Waals surface area contributed by atoms with Crippen molar-refractivity contribution < 1.29 is 47.7 Å². The fraction of sp³-hybridized carbons (Fsp3) is 0.295. The van der Waals surface area contributed by atoms with Crippen LogP contribution in [0.2, 0.25) is 0 Å². The Labute approximate surface area is 433 Å². The Morgan fingerprint density at radius 1 is 0.514 bits per heavy atom. The zero-order valence-electron chi connectivity index (χ0n) is 42.9. The van der Waals surface area contributed by atoms with Crippen molar-refractivity contribution in [1.29, 1.82) is 0 Å². The molecule has 2 atom stereocenters. The lowest BCUT2D eigenvalue weighted by Crippen LogP contribution is -2.46. The van der Waals surface area contributed by atoms with Crippen molar-refractivity contribution in [3.8, 4) is 22.3 Å². The number of fused-ring (bicyclic) bond motifs is 6. The summed E-state index contributed by atoms with van der Waals surface area (Å²) < 4.78 is 27.4. The molecule has 0 heterocycles. The molecule has 384 valence electrons. The molecule has 0 saturated carbocycles. The number of amides is 2. The molecule has 0 spiro atoms. The third-order valence-corrected chi connectivity index (χ3v) is 12.2. The highest BCUT2D eigenvalue weighted by Gasteiger charge is 2.33. The van der Waals surface area contributed by atoms with Crippen LogP contribution in [0.5, 0.6) is 0 Å². The molecule has 13 heteroatoms. The summed E-state index contributed by atoms with van der Waals surface area (Å²) in [7, 11) is 0. The predicted molar refractivity (Wildman–Crippen MR) is 285 cm³/mol. The van der Waals surface area contributed by atoms with Crippen LogP contribution in [-0.2, 0) is 57.3 Å². The van der Waals surface area contributed by atoms with Crippen molar-refractivity contribution in [3.05, 3.63) is 197 Å². The van der Waals surface area contributed by atoms with Crippen molar-refractivity contribution in [2.24, 2.45) is 0 Å². The van der Waals surface area contributed by atoms with Crippen molar-refractivity contribution in [3.63, 3.8) is 0 Å². The highest BCUT2D eigenvalue weighted by atomic mass is 16.6. The first-order chi connectivity index (χ1) is 35.4. The van der Waals surface area contributed by atoms with E-state index >= 15 is 0 Å². The van der Waals surface area contributed by atoms with Crippen molar-refractivity contribution in [1.82, 2.24) is 10.6 Å². The molecule has 2 aliphatic carbocycles. The monoisotopic (exact) mass is 999 g/mol. The highest BCUT2D eigenvalue weighted by Crippen LogP contribution is 2.45. The van der Waals surface area contributed by atoms with Gasteiger partial charge in [0.2, 0.25) is 0 Å². The fourth-order valence-electron chi connectivity index (χ4n) is 8.98. The van der Waals surface area contributed by atoms with E-state index < -0.39 is 47.4 Å². The number of nitrogens with two attached hydrogens (primary N) is 1. The zero-order chi connectivity index (χ0) is 53.0. The van der Waals surface area contributed by atoms with Gasteiger partial charge in [-0.05, 0) is 115 Å². The van der Waals surface area contributed by atoms with Crippen LogP contribution in [-0.4, -0.2) is 73.2 Å². The first-order valence-electron chi connectivity index (χ1n) is 24.7. The van der Waals surface area contributed by atoms with Gasteiger partial charge in [-0.25, -0.2) is 19.2 Å². The molecule has 74 heavy (non-hydrogen) atoms. The molecule has 6 aromatic carbocycles. The molecule has 0 unspecified atom stereocenters. The smallest absolute Gasteiger partial charge is 0.407 e. The number of hydrogen-bond acceptors (Lipinski definition) is 11. The number of benzene rings is 6. The number of alkyl carbamates (subject to hydrolysis) is 2. The second-order valence-electron chi connectivity index (χ2n) is 20.2. The van der Waals surface area contributed by atoms with E-state index in [2.05, 4.69) is 53.6 Å². The number of nitrogen functional groups attached to an aromatic ring is 1. The van der Waals surface area contributed by atoms with Gasteiger partial charge in [0.25, 0.3) is 0 Å². The molecule has 0 saturated heterocycles. The Morgan fingerprint density at radius 3 is 1.20 bits per heavy atom. The van der Waals surface area contributed by atoms with Crippen LogP contribution in [0, 0.1) is 0 Å². The average Bonchev–Trinajstić information content (AvgIpc) is 3.86. The Balaban J connectivity index is 0.000000219. The van der Waals surface area contributed by atoms with Crippen molar-refractivity contribution in [2.45, 2.75) is 95.9 Å². The van der Waals surface area contributed by atoms with E-state index in [9.17, 15) is 24.0 Å². The van der Waals surface area contributed by atoms with Gasteiger partial charge in [0.05, 0.1) is 6.42 Å². The van der Waals surface area contributed by atoms with E-state index in [-0.39, 0.29) is 56.9 Å². The molecule has 0 fully saturated rings. The molecule has 0 bridgehead atoms. The number of carbonyl (C=O) groups excluding carboxylic acids is 5. The quantitative estimate of drug-likeness (QED) is 0.0363. The topological polar surface area (TPSA) is 182 Å². The molecule has 6 aromatic rings. The number of ether oxygens (including phenoxy) is 5. The molecule has 4 N–H and O–H groups in total. The summed E-state index contributed by atoms with van der Waals surface area (Å²) in [6.07, 6.45) is 0.746. The predicted octanol–water partition coefficient (Wildman–Crippen LogP) is 10.8. The largest absolute Gasteiger partial charge is 0.461 e. The van der Waals surface area contributed by atoms with E-state index in [1.54, 1.807) is 65.8 Å². The number of anilines is 1. The standard InChI is InChI=1S/C33H35NO6.C28H30N2O4/c1-5-18-38-30(35)20-23-16-14-22(15-17-23)19-29(31(36)40-33(2,3)4)34-32(37)39-21-28-26-12-8-6-10-24(26)25-11-7-9-13-27(25)28;1-28(2,3)34-26(31)25(16-18-12-14-19(29)15-13-18)30-27(32)33-17-24-22-10-6-4-8-20(22)21-9-5-7-11-23(21)24/h5-17,28-29H,1,18-21H2,2-4H3,(H,34,37);4-15,24-25H,16-17,29H2,1-3H3,(H,30,32)/t29-;25-/m00/s1. The minimum atomic E-state index is -0.960. The van der Waals surface area contributed by atoms with E-state index in [0.717, 1.165) is 61.2 Å². The van der Waals surface area contributed by atoms with Gasteiger partial charge in [-0.2, -0.15) is 0 Å². The maximum atomic E-state index is 13.0. The number of hydrogen-bond donors (Lipinski definition) is 3. The summed E-state index contributed by atoms with van der Waals surface area (Å²) in [6.45, 7) is 14.7. The third-order valence-electron chi connectivity index (χ3n) is 12.2. The first-order valence-corrected chi connectivity index (χ1v) is 24.7. The lowest BCUT2D eigenvalue weighted by Gasteiger charge is -2.25. The molecule has 8 rings (SSSR count). The van der Waals surface area contributed by atoms with Crippen LogP contribution in [0.25, 0.3) is 22.3 Å². The maximum Gasteiger partial charge on any atom is 0.407 e. The summed E-state index contributed by atoms with van der Waals surface area (Å²) >= 11 is 0. The van der Waals surface area contributed by atoms with E-state index in [1.807, 2.05) is 84.9 Å². The molecule has 2 aliphatic rings. The van der Waals surface area contributed by atoms with Crippen LogP contribution in [0.1, 0.15) is 92.3 Å². The van der Waals surface area contributed by atoms with Gasteiger partial charge in [-0.1, -0.05) is 146 Å². The Morgan fingerprint density at radius 2 is 0.851 bits per heavy atom. The van der Waals surface area contributed by atoms with Gasteiger partial charge in [0.1, 0.15) is 43.1 Å². The van der Waals surface area contributed by atoms with Crippen molar-refractivity contribution in [2.75, 3.05) is 25.6 Å². The van der Waals surface area contributed by atoms with Gasteiger partial charge < -0.3 is 40.1 Å². The van der Waals surface area contributed by atoms with E-state index in [0.29, 0.717) is 5.69 Å². The van der Waals surface area contributed by atoms with E-state index in [4.69, 9.17) is 29.4 Å². The van der Waals surface area contributed by atoms with Crippen LogP contribution in [0.4, 0.5) is 15.3 Å². The summed E-state index contributed by atoms with van der Waals surface area (Å²) in [5, 5.41) is 5.42. The van der Waals surface area contributed by atoms with E-state index in [1.165, 1.54) is 6.08 Å². The van der Waals surface area contributed by atoms with Gasteiger partial charge in [-0.15, -0.1) is 0 Å². The van der Waals surface area contributed by atoms with Crippen LogP contribution in [0.3, 0.4) is 0 Å². The summed E-state index contributed by atoms with van der Waals surface area (Å²) in [4.78, 5) is 63.5. The van der Waals surface area contributed by atoms with Crippen molar-refractivity contribution >= 4 is 35.8 Å². The van der Waals surface area contributed by atoms with Gasteiger partial charge in [0, 0.05) is 30.4 Å². The SMILES string of the molecule is C=CCOC(=O)Cc1ccc(C[C@H](NC(=O)OCC2c3ccccc3-c3ccccc32)C(=O)OC(C)(C)C)cc1.CC(C)(C)OC(=O)[C@H](Cc1ccc(N)cc1)NC(=O)OCC1c2ccccc2-c2ccccc21. The molecule has 2 amide bonds. The number of esters is 3. The Kier molecular flexibility index (Phi) is 17.4.